The van der Waals surface area contributed by atoms with Gasteiger partial charge in [-0.25, -0.2) is 9.37 Å². The number of nitrogens with zero attached hydrogens (tertiary/aromatic N) is 2. The van der Waals surface area contributed by atoms with E-state index < -0.39 is 5.82 Å². The average molecular weight is 371 g/mol. The van der Waals surface area contributed by atoms with Crippen LogP contribution in [0.15, 0.2) is 66.1 Å². The molecule has 0 saturated heterocycles. The van der Waals surface area contributed by atoms with Gasteiger partial charge in [0.2, 0.25) is 5.91 Å². The van der Waals surface area contributed by atoms with E-state index in [1.165, 1.54) is 23.9 Å². The number of thioether (sulfide) groups is 1. The fourth-order valence-electron chi connectivity index (χ4n) is 2.36. The predicted molar refractivity (Wildman–Crippen MR) is 100 cm³/mol. The quantitative estimate of drug-likeness (QED) is 0.634. The first kappa shape index (κ1) is 18.0. The van der Waals surface area contributed by atoms with Gasteiger partial charge in [-0.15, -0.1) is 0 Å². The van der Waals surface area contributed by atoms with Crippen molar-refractivity contribution >= 4 is 23.4 Å². The summed E-state index contributed by atoms with van der Waals surface area (Å²) in [4.78, 5) is 16.3. The number of amides is 1. The Kier molecular flexibility index (Phi) is 5.91. The smallest absolute Gasteiger partial charge is 0.225 e. The Bertz CT molecular complexity index is 898. The summed E-state index contributed by atoms with van der Waals surface area (Å²) in [5, 5.41) is 3.36. The Labute approximate surface area is 155 Å². The number of aromatic nitrogens is 2. The van der Waals surface area contributed by atoms with E-state index >= 15 is 0 Å². The molecule has 5 nitrogen and oxygen atoms in total. The van der Waals surface area contributed by atoms with Crippen LogP contribution >= 0.6 is 11.8 Å². The molecule has 0 fully saturated rings. The molecule has 0 atom stereocenters. The van der Waals surface area contributed by atoms with Crippen LogP contribution in [0.25, 0.3) is 5.69 Å². The molecule has 0 aliphatic heterocycles. The Morgan fingerprint density at radius 2 is 2.12 bits per heavy atom. The first-order valence-electron chi connectivity index (χ1n) is 8.02. The first-order chi connectivity index (χ1) is 12.7. The number of anilines is 1. The number of rotatable bonds is 7. The van der Waals surface area contributed by atoms with Gasteiger partial charge in [-0.05, 0) is 24.3 Å². The summed E-state index contributed by atoms with van der Waals surface area (Å²) < 4.78 is 20.7. The summed E-state index contributed by atoms with van der Waals surface area (Å²) in [5.41, 5.74) is 1.13. The van der Waals surface area contributed by atoms with Gasteiger partial charge in [0.1, 0.15) is 11.6 Å². The molecular formula is C19H18FN3O2S. The normalized spacial score (nSPS) is 10.5. The predicted octanol–water partition coefficient (Wildman–Crippen LogP) is 4.14. The maximum Gasteiger partial charge on any atom is 0.225 e. The summed E-state index contributed by atoms with van der Waals surface area (Å²) in [6.07, 6.45) is 3.82. The van der Waals surface area contributed by atoms with E-state index in [0.717, 1.165) is 16.6 Å². The fourth-order valence-corrected chi connectivity index (χ4v) is 3.27. The molecule has 134 valence electrons. The van der Waals surface area contributed by atoms with E-state index in [-0.39, 0.29) is 18.0 Å². The number of imidazole rings is 1. The first-order valence-corrected chi connectivity index (χ1v) is 9.01. The molecule has 26 heavy (non-hydrogen) atoms. The topological polar surface area (TPSA) is 56.2 Å². The van der Waals surface area contributed by atoms with E-state index in [0.29, 0.717) is 5.75 Å². The summed E-state index contributed by atoms with van der Waals surface area (Å²) in [6.45, 7) is 0. The molecule has 1 aromatic heterocycles. The molecule has 1 amide bonds. The summed E-state index contributed by atoms with van der Waals surface area (Å²) in [6, 6.07) is 13.8. The molecule has 0 saturated carbocycles. The Balaban J connectivity index is 1.58. The van der Waals surface area contributed by atoms with Crippen molar-refractivity contribution in [1.29, 1.82) is 0 Å². The minimum absolute atomic E-state index is 0.195. The highest BCUT2D eigenvalue weighted by Gasteiger charge is 2.10. The van der Waals surface area contributed by atoms with Crippen molar-refractivity contribution in [2.75, 3.05) is 18.2 Å². The van der Waals surface area contributed by atoms with Gasteiger partial charge in [-0.3, -0.25) is 9.36 Å². The number of hydrogen-bond donors (Lipinski definition) is 1. The van der Waals surface area contributed by atoms with Gasteiger partial charge in [0.25, 0.3) is 0 Å². The molecular weight excluding hydrogens is 353 g/mol. The van der Waals surface area contributed by atoms with Crippen LogP contribution in [0.2, 0.25) is 0 Å². The third-order valence-electron chi connectivity index (χ3n) is 3.65. The Morgan fingerprint density at radius 1 is 1.27 bits per heavy atom. The Morgan fingerprint density at radius 3 is 2.92 bits per heavy atom. The zero-order valence-electron chi connectivity index (χ0n) is 14.2. The molecule has 0 radical (unpaired) electrons. The molecule has 7 heteroatoms. The van der Waals surface area contributed by atoms with Crippen molar-refractivity contribution < 1.29 is 13.9 Å². The zero-order valence-corrected chi connectivity index (χ0v) is 15.0. The lowest BCUT2D eigenvalue weighted by Gasteiger charge is -2.09. The van der Waals surface area contributed by atoms with Crippen LogP contribution < -0.4 is 10.1 Å². The van der Waals surface area contributed by atoms with E-state index in [1.54, 1.807) is 25.4 Å². The molecule has 2 aromatic carbocycles. The second-order valence-corrected chi connectivity index (χ2v) is 6.47. The van der Waals surface area contributed by atoms with Gasteiger partial charge < -0.3 is 10.1 Å². The van der Waals surface area contributed by atoms with Gasteiger partial charge in [-0.1, -0.05) is 30.0 Å². The number of halogens is 1. The van der Waals surface area contributed by atoms with Gasteiger partial charge in [0.15, 0.2) is 5.16 Å². The average Bonchev–Trinajstić information content (AvgIpc) is 3.12. The van der Waals surface area contributed by atoms with Crippen molar-refractivity contribution in [3.63, 3.8) is 0 Å². The number of hydrogen-bond acceptors (Lipinski definition) is 4. The SMILES string of the molecule is COc1cccc(-n2ccnc2SCCC(=O)Nc2ccccc2F)c1. The highest BCUT2D eigenvalue weighted by Crippen LogP contribution is 2.23. The minimum Gasteiger partial charge on any atom is -0.497 e. The third-order valence-corrected chi connectivity index (χ3v) is 4.62. The number of ether oxygens (including phenoxy) is 1. The van der Waals surface area contributed by atoms with Crippen molar-refractivity contribution in [3.8, 4) is 11.4 Å². The molecule has 1 heterocycles. The van der Waals surface area contributed by atoms with Crippen molar-refractivity contribution in [3.05, 3.63) is 66.7 Å². The van der Waals surface area contributed by atoms with Crippen LogP contribution in [-0.4, -0.2) is 28.3 Å². The summed E-state index contributed by atoms with van der Waals surface area (Å²) >= 11 is 1.46. The highest BCUT2D eigenvalue weighted by atomic mass is 32.2. The molecule has 1 N–H and O–H groups in total. The van der Waals surface area contributed by atoms with E-state index in [1.807, 2.05) is 35.0 Å². The lowest BCUT2D eigenvalue weighted by molar-refractivity contribution is -0.115. The highest BCUT2D eigenvalue weighted by molar-refractivity contribution is 7.99. The van der Waals surface area contributed by atoms with Gasteiger partial charge in [0, 0.05) is 30.6 Å². The Hall–Kier alpha value is -2.80. The molecule has 0 aliphatic carbocycles. The van der Waals surface area contributed by atoms with Crippen LogP contribution in [0.1, 0.15) is 6.42 Å². The van der Waals surface area contributed by atoms with Crippen LogP contribution in [0, 0.1) is 5.82 Å². The minimum atomic E-state index is -0.443. The van der Waals surface area contributed by atoms with Gasteiger partial charge in [0.05, 0.1) is 18.5 Å². The van der Waals surface area contributed by atoms with Crippen molar-refractivity contribution in [1.82, 2.24) is 9.55 Å². The van der Waals surface area contributed by atoms with E-state index in [9.17, 15) is 9.18 Å². The van der Waals surface area contributed by atoms with Gasteiger partial charge >= 0.3 is 0 Å². The molecule has 0 spiro atoms. The van der Waals surface area contributed by atoms with E-state index in [2.05, 4.69) is 10.3 Å². The number of methoxy groups -OCH3 is 1. The number of carbonyl (C=O) groups excluding carboxylic acids is 1. The number of para-hydroxylation sites is 1. The summed E-state index contributed by atoms with van der Waals surface area (Å²) in [7, 11) is 1.62. The standard InChI is InChI=1S/C19H18FN3O2S/c1-25-15-6-4-5-14(13-15)23-11-10-21-19(23)26-12-9-18(24)22-17-8-3-2-7-16(17)20/h2-8,10-11,13H,9,12H2,1H3,(H,22,24). The molecule has 0 unspecified atom stereocenters. The second-order valence-electron chi connectivity index (χ2n) is 5.41. The van der Waals surface area contributed by atoms with Crippen LogP contribution in [0.3, 0.4) is 0 Å². The monoisotopic (exact) mass is 371 g/mol. The third kappa shape index (κ3) is 4.43. The molecule has 3 rings (SSSR count). The van der Waals surface area contributed by atoms with Crippen LogP contribution in [0.4, 0.5) is 10.1 Å². The van der Waals surface area contributed by atoms with Gasteiger partial charge in [-0.2, -0.15) is 0 Å². The van der Waals surface area contributed by atoms with Crippen molar-refractivity contribution in [2.24, 2.45) is 0 Å². The molecule has 0 bridgehead atoms. The molecule has 0 aliphatic rings. The maximum absolute atomic E-state index is 13.6. The number of carbonyl (C=O) groups is 1. The zero-order chi connectivity index (χ0) is 18.4. The maximum atomic E-state index is 13.6. The van der Waals surface area contributed by atoms with E-state index in [4.69, 9.17) is 4.74 Å². The number of nitrogens with one attached hydrogen (secondary N) is 1. The van der Waals surface area contributed by atoms with Crippen LogP contribution in [-0.2, 0) is 4.79 Å². The molecule has 3 aromatic rings. The largest absolute Gasteiger partial charge is 0.497 e. The fraction of sp³-hybridized carbons (Fsp3) is 0.158. The van der Waals surface area contributed by atoms with Crippen LogP contribution in [0.5, 0.6) is 5.75 Å². The lowest BCUT2D eigenvalue weighted by atomic mass is 10.3. The number of benzene rings is 2. The lowest BCUT2D eigenvalue weighted by Crippen LogP contribution is -2.13. The second kappa shape index (κ2) is 8.53. The summed E-state index contributed by atoms with van der Waals surface area (Å²) in [5.74, 6) is 0.613. The van der Waals surface area contributed by atoms with Crippen molar-refractivity contribution in [2.45, 2.75) is 11.6 Å².